The van der Waals surface area contributed by atoms with Crippen molar-refractivity contribution in [3.63, 3.8) is 0 Å². The highest BCUT2D eigenvalue weighted by molar-refractivity contribution is 5.94. The first-order valence-electron chi connectivity index (χ1n) is 10.4. The predicted molar refractivity (Wildman–Crippen MR) is 115 cm³/mol. The van der Waals surface area contributed by atoms with Crippen molar-refractivity contribution in [3.8, 4) is 5.75 Å². The standard InChI is InChI=1S/C24H28N2O3/c27-21-9-6-17(7-10-21)20-5-3-13-26(16-20)12-2-1-4-19-15-25-23-11-8-18(24(28)29)14-22(19)23/h6-11,14-15,20,25,27H,1-5,12-13,16H2,(H,28,29). The molecule has 2 heterocycles. The van der Waals surface area contributed by atoms with Crippen LogP contribution in [-0.2, 0) is 6.42 Å². The van der Waals surface area contributed by atoms with Gasteiger partial charge in [-0.2, -0.15) is 0 Å². The van der Waals surface area contributed by atoms with E-state index >= 15 is 0 Å². The number of aryl methyl sites for hydroxylation is 1. The van der Waals surface area contributed by atoms with Gasteiger partial charge in [-0.25, -0.2) is 4.79 Å². The Hall–Kier alpha value is -2.79. The van der Waals surface area contributed by atoms with E-state index in [1.807, 2.05) is 24.4 Å². The molecule has 3 N–H and O–H groups in total. The molecule has 1 fully saturated rings. The van der Waals surface area contributed by atoms with Crippen molar-refractivity contribution in [3.05, 3.63) is 65.4 Å². The van der Waals surface area contributed by atoms with Gasteiger partial charge in [0, 0.05) is 23.6 Å². The maximum Gasteiger partial charge on any atom is 0.335 e. The van der Waals surface area contributed by atoms with E-state index in [1.54, 1.807) is 24.3 Å². The number of carboxylic acid groups (broad SMARTS) is 1. The van der Waals surface area contributed by atoms with Crippen LogP contribution in [0.5, 0.6) is 5.75 Å². The number of likely N-dealkylation sites (tertiary alicyclic amines) is 1. The molecule has 5 nitrogen and oxygen atoms in total. The zero-order chi connectivity index (χ0) is 20.2. The fraction of sp³-hybridized carbons (Fsp3) is 0.375. The summed E-state index contributed by atoms with van der Waals surface area (Å²) in [6.45, 7) is 3.33. The van der Waals surface area contributed by atoms with Gasteiger partial charge in [0.2, 0.25) is 0 Å². The number of hydrogen-bond acceptors (Lipinski definition) is 3. The summed E-state index contributed by atoms with van der Waals surface area (Å²) in [5, 5.41) is 19.7. The molecule has 3 aromatic rings. The highest BCUT2D eigenvalue weighted by atomic mass is 16.4. The van der Waals surface area contributed by atoms with Gasteiger partial charge < -0.3 is 20.1 Å². The molecule has 1 aliphatic rings. The number of fused-ring (bicyclic) bond motifs is 1. The number of aromatic carboxylic acids is 1. The zero-order valence-electron chi connectivity index (χ0n) is 16.6. The number of carboxylic acids is 1. The predicted octanol–water partition coefficient (Wildman–Crippen LogP) is 4.77. The van der Waals surface area contributed by atoms with E-state index < -0.39 is 5.97 Å². The van der Waals surface area contributed by atoms with E-state index in [2.05, 4.69) is 9.88 Å². The topological polar surface area (TPSA) is 76.6 Å². The van der Waals surface area contributed by atoms with Gasteiger partial charge in [0.15, 0.2) is 0 Å². The second-order valence-electron chi connectivity index (χ2n) is 8.07. The summed E-state index contributed by atoms with van der Waals surface area (Å²) < 4.78 is 0. The number of rotatable bonds is 7. The van der Waals surface area contributed by atoms with E-state index in [1.165, 1.54) is 24.0 Å². The van der Waals surface area contributed by atoms with Crippen molar-refractivity contribution >= 4 is 16.9 Å². The number of carbonyl (C=O) groups is 1. The summed E-state index contributed by atoms with van der Waals surface area (Å²) in [5.74, 6) is -0.00564. The van der Waals surface area contributed by atoms with Gasteiger partial charge in [0.1, 0.15) is 5.75 Å². The molecule has 2 aromatic carbocycles. The molecule has 0 bridgehead atoms. The number of hydrogen-bond donors (Lipinski definition) is 3. The largest absolute Gasteiger partial charge is 0.508 e. The third-order valence-electron chi connectivity index (χ3n) is 6.05. The molecule has 4 rings (SSSR count). The SMILES string of the molecule is O=C(O)c1ccc2[nH]cc(CCCCN3CCCC(c4ccc(O)cc4)C3)c2c1. The lowest BCUT2D eigenvalue weighted by Gasteiger charge is -2.33. The minimum Gasteiger partial charge on any atom is -0.508 e. The summed E-state index contributed by atoms with van der Waals surface area (Å²) in [6.07, 6.45) is 7.61. The van der Waals surface area contributed by atoms with Crippen LogP contribution >= 0.6 is 0 Å². The smallest absolute Gasteiger partial charge is 0.335 e. The van der Waals surface area contributed by atoms with E-state index in [-0.39, 0.29) is 0 Å². The van der Waals surface area contributed by atoms with Gasteiger partial charge in [0.05, 0.1) is 5.56 Å². The number of aromatic hydroxyl groups is 1. The third kappa shape index (κ3) is 4.62. The van der Waals surface area contributed by atoms with Crippen molar-refractivity contribution in [1.29, 1.82) is 0 Å². The third-order valence-corrected chi connectivity index (χ3v) is 6.05. The van der Waals surface area contributed by atoms with Gasteiger partial charge in [0.25, 0.3) is 0 Å². The maximum atomic E-state index is 11.2. The van der Waals surface area contributed by atoms with E-state index in [4.69, 9.17) is 0 Å². The average molecular weight is 392 g/mol. The van der Waals surface area contributed by atoms with Crippen LogP contribution in [0.1, 0.15) is 53.1 Å². The van der Waals surface area contributed by atoms with Gasteiger partial charge in [-0.05, 0) is 92.6 Å². The molecule has 29 heavy (non-hydrogen) atoms. The molecule has 1 aromatic heterocycles. The van der Waals surface area contributed by atoms with Gasteiger partial charge >= 0.3 is 5.97 Å². The summed E-state index contributed by atoms with van der Waals surface area (Å²) in [5.41, 5.74) is 3.86. The first-order chi connectivity index (χ1) is 14.1. The second kappa shape index (κ2) is 8.70. The highest BCUT2D eigenvalue weighted by Crippen LogP contribution is 2.28. The zero-order valence-corrected chi connectivity index (χ0v) is 16.6. The molecule has 0 saturated carbocycles. The van der Waals surface area contributed by atoms with Gasteiger partial charge in [-0.1, -0.05) is 12.1 Å². The quantitative estimate of drug-likeness (QED) is 0.506. The molecule has 0 amide bonds. The Bertz CT molecular complexity index is 977. The van der Waals surface area contributed by atoms with Crippen LogP contribution in [0.25, 0.3) is 10.9 Å². The number of aromatic amines is 1. The van der Waals surface area contributed by atoms with Crippen LogP contribution in [0.4, 0.5) is 0 Å². The van der Waals surface area contributed by atoms with E-state index in [0.29, 0.717) is 17.2 Å². The van der Waals surface area contributed by atoms with Crippen LogP contribution < -0.4 is 0 Å². The Morgan fingerprint density at radius 3 is 2.76 bits per heavy atom. The molecular weight excluding hydrogens is 364 g/mol. The molecule has 1 aliphatic heterocycles. The van der Waals surface area contributed by atoms with Crippen molar-refractivity contribution in [2.24, 2.45) is 0 Å². The Kier molecular flexibility index (Phi) is 5.86. The Morgan fingerprint density at radius 2 is 1.97 bits per heavy atom. The van der Waals surface area contributed by atoms with Crippen LogP contribution in [0.2, 0.25) is 0 Å². The van der Waals surface area contributed by atoms with Crippen molar-refractivity contribution in [1.82, 2.24) is 9.88 Å². The Morgan fingerprint density at radius 1 is 1.14 bits per heavy atom. The number of H-pyrrole nitrogens is 1. The maximum absolute atomic E-state index is 11.2. The van der Waals surface area contributed by atoms with Crippen molar-refractivity contribution in [2.45, 2.75) is 38.0 Å². The summed E-state index contributed by atoms with van der Waals surface area (Å²) in [6, 6.07) is 12.9. The number of unbranched alkanes of at least 4 members (excludes halogenated alkanes) is 1. The molecule has 5 heteroatoms. The van der Waals surface area contributed by atoms with Crippen LogP contribution in [0, 0.1) is 0 Å². The number of phenols is 1. The lowest BCUT2D eigenvalue weighted by molar-refractivity contribution is 0.0697. The molecular formula is C24H28N2O3. The van der Waals surface area contributed by atoms with Crippen molar-refractivity contribution in [2.75, 3.05) is 19.6 Å². The number of aromatic nitrogens is 1. The van der Waals surface area contributed by atoms with E-state index in [0.717, 1.165) is 49.8 Å². The molecule has 1 saturated heterocycles. The second-order valence-corrected chi connectivity index (χ2v) is 8.07. The molecule has 0 spiro atoms. The summed E-state index contributed by atoms with van der Waals surface area (Å²) >= 11 is 0. The lowest BCUT2D eigenvalue weighted by atomic mass is 9.90. The Balaban J connectivity index is 1.29. The van der Waals surface area contributed by atoms with Crippen LogP contribution in [0.15, 0.2) is 48.7 Å². The minimum atomic E-state index is -0.882. The first kappa shape index (κ1) is 19.5. The Labute approximate surface area is 171 Å². The number of piperidine rings is 1. The van der Waals surface area contributed by atoms with E-state index in [9.17, 15) is 15.0 Å². The lowest BCUT2D eigenvalue weighted by Crippen LogP contribution is -2.35. The van der Waals surface area contributed by atoms with Gasteiger partial charge in [-0.15, -0.1) is 0 Å². The highest BCUT2D eigenvalue weighted by Gasteiger charge is 2.21. The number of nitrogens with zero attached hydrogens (tertiary/aromatic N) is 1. The van der Waals surface area contributed by atoms with Crippen molar-refractivity contribution < 1.29 is 15.0 Å². The molecule has 152 valence electrons. The normalized spacial score (nSPS) is 17.6. The fourth-order valence-electron chi connectivity index (χ4n) is 4.45. The molecule has 0 radical (unpaired) electrons. The average Bonchev–Trinajstić information content (AvgIpc) is 3.14. The van der Waals surface area contributed by atoms with Crippen LogP contribution in [0.3, 0.4) is 0 Å². The fourth-order valence-corrected chi connectivity index (χ4v) is 4.45. The summed E-state index contributed by atoms with van der Waals surface area (Å²) in [7, 11) is 0. The molecule has 1 atom stereocenters. The summed E-state index contributed by atoms with van der Waals surface area (Å²) in [4.78, 5) is 17.0. The number of nitrogens with one attached hydrogen (secondary N) is 1. The molecule has 1 unspecified atom stereocenters. The minimum absolute atomic E-state index is 0.328. The number of benzene rings is 2. The first-order valence-corrected chi connectivity index (χ1v) is 10.4. The molecule has 0 aliphatic carbocycles. The van der Waals surface area contributed by atoms with Gasteiger partial charge in [-0.3, -0.25) is 0 Å². The number of phenolic OH excluding ortho intramolecular Hbond substituents is 1. The monoisotopic (exact) mass is 392 g/mol. The van der Waals surface area contributed by atoms with Crippen LogP contribution in [-0.4, -0.2) is 45.7 Å².